The molecule has 2 aliphatic rings. The Morgan fingerprint density at radius 1 is 1.25 bits per heavy atom. The van der Waals surface area contributed by atoms with Crippen molar-refractivity contribution in [1.82, 2.24) is 5.32 Å². The molecule has 1 aliphatic carbocycles. The smallest absolute Gasteiger partial charge is 0.161 e. The average Bonchev–Trinajstić information content (AvgIpc) is 2.45. The number of nitrogens with one attached hydrogen (secondary N) is 1. The second kappa shape index (κ2) is 5.28. The summed E-state index contributed by atoms with van der Waals surface area (Å²) in [5.41, 5.74) is 1.66. The Labute approximate surface area is 121 Å². The highest BCUT2D eigenvalue weighted by Crippen LogP contribution is 2.50. The van der Waals surface area contributed by atoms with E-state index in [1.165, 1.54) is 18.4 Å². The van der Waals surface area contributed by atoms with Crippen molar-refractivity contribution in [3.63, 3.8) is 0 Å². The Hall–Kier alpha value is -1.22. The van der Waals surface area contributed by atoms with Crippen LogP contribution in [0.25, 0.3) is 0 Å². The standard InChI is InChI=1S/C17H25NO2/c1-12(2)18-11-17(7-6-13(17)3)14-4-5-15-16(10-14)20-9-8-19-15/h4-5,10,12-13,18H,6-9,11H2,1-3H3. The minimum Gasteiger partial charge on any atom is -0.486 e. The Morgan fingerprint density at radius 2 is 2.00 bits per heavy atom. The maximum atomic E-state index is 5.74. The lowest BCUT2D eigenvalue weighted by Gasteiger charge is -2.49. The van der Waals surface area contributed by atoms with Crippen LogP contribution in [0.2, 0.25) is 0 Å². The predicted molar refractivity (Wildman–Crippen MR) is 80.6 cm³/mol. The number of fused-ring (bicyclic) bond motifs is 1. The monoisotopic (exact) mass is 275 g/mol. The first kappa shape index (κ1) is 13.7. The van der Waals surface area contributed by atoms with E-state index in [1.807, 2.05) is 0 Å². The predicted octanol–water partition coefficient (Wildman–Crippen LogP) is 3.12. The van der Waals surface area contributed by atoms with Crippen molar-refractivity contribution in [1.29, 1.82) is 0 Å². The third-order valence-electron chi connectivity index (χ3n) is 4.91. The van der Waals surface area contributed by atoms with Gasteiger partial charge in [-0.15, -0.1) is 0 Å². The second-order valence-corrected chi connectivity index (χ2v) is 6.49. The van der Waals surface area contributed by atoms with Crippen LogP contribution < -0.4 is 14.8 Å². The molecule has 0 aromatic heterocycles. The summed E-state index contributed by atoms with van der Waals surface area (Å²) in [6, 6.07) is 7.03. The number of hydrogen-bond acceptors (Lipinski definition) is 3. The molecule has 0 radical (unpaired) electrons. The number of ether oxygens (including phenoxy) is 2. The van der Waals surface area contributed by atoms with Crippen molar-refractivity contribution in [2.75, 3.05) is 19.8 Å². The van der Waals surface area contributed by atoms with Gasteiger partial charge in [0.05, 0.1) is 0 Å². The molecule has 0 amide bonds. The van der Waals surface area contributed by atoms with E-state index in [1.54, 1.807) is 0 Å². The molecule has 1 aromatic carbocycles. The molecule has 1 heterocycles. The van der Waals surface area contributed by atoms with E-state index in [9.17, 15) is 0 Å². The lowest BCUT2D eigenvalue weighted by atomic mass is 9.57. The van der Waals surface area contributed by atoms with Crippen LogP contribution in [0.3, 0.4) is 0 Å². The Morgan fingerprint density at radius 3 is 2.60 bits per heavy atom. The van der Waals surface area contributed by atoms with Crippen LogP contribution in [-0.2, 0) is 5.41 Å². The molecule has 110 valence electrons. The summed E-state index contributed by atoms with van der Waals surface area (Å²) in [5.74, 6) is 2.52. The molecule has 2 atom stereocenters. The first-order valence-electron chi connectivity index (χ1n) is 7.75. The first-order valence-corrected chi connectivity index (χ1v) is 7.75. The van der Waals surface area contributed by atoms with Gasteiger partial charge in [0.2, 0.25) is 0 Å². The fourth-order valence-corrected chi connectivity index (χ4v) is 3.31. The van der Waals surface area contributed by atoms with Crippen LogP contribution >= 0.6 is 0 Å². The second-order valence-electron chi connectivity index (χ2n) is 6.49. The van der Waals surface area contributed by atoms with E-state index < -0.39 is 0 Å². The molecule has 3 nitrogen and oxygen atoms in total. The molecular formula is C17H25NO2. The van der Waals surface area contributed by atoms with Crippen LogP contribution in [-0.4, -0.2) is 25.8 Å². The van der Waals surface area contributed by atoms with E-state index in [0.717, 1.165) is 24.0 Å². The van der Waals surface area contributed by atoms with Gasteiger partial charge in [-0.1, -0.05) is 26.8 Å². The summed E-state index contributed by atoms with van der Waals surface area (Å²) in [7, 11) is 0. The molecule has 0 spiro atoms. The van der Waals surface area contributed by atoms with Gasteiger partial charge in [-0.25, -0.2) is 0 Å². The molecule has 1 fully saturated rings. The van der Waals surface area contributed by atoms with Crippen molar-refractivity contribution in [2.24, 2.45) is 5.92 Å². The molecule has 1 aliphatic heterocycles. The molecular weight excluding hydrogens is 250 g/mol. The van der Waals surface area contributed by atoms with Crippen molar-refractivity contribution in [3.05, 3.63) is 23.8 Å². The Balaban J connectivity index is 1.88. The fourth-order valence-electron chi connectivity index (χ4n) is 3.31. The summed E-state index contributed by atoms with van der Waals surface area (Å²) in [6.45, 7) is 9.14. The van der Waals surface area contributed by atoms with Crippen LogP contribution in [0.15, 0.2) is 18.2 Å². The lowest BCUT2D eigenvalue weighted by Crippen LogP contribution is -2.51. The van der Waals surface area contributed by atoms with E-state index in [4.69, 9.17) is 9.47 Å². The molecule has 1 aromatic rings. The minimum absolute atomic E-state index is 0.264. The summed E-state index contributed by atoms with van der Waals surface area (Å²) in [5, 5.41) is 3.63. The third kappa shape index (κ3) is 2.28. The summed E-state index contributed by atoms with van der Waals surface area (Å²) in [6.07, 6.45) is 2.57. The highest BCUT2D eigenvalue weighted by Gasteiger charge is 2.45. The lowest BCUT2D eigenvalue weighted by molar-refractivity contribution is 0.129. The minimum atomic E-state index is 0.264. The van der Waals surface area contributed by atoms with Crippen molar-refractivity contribution < 1.29 is 9.47 Å². The summed E-state index contributed by atoms with van der Waals surface area (Å²) >= 11 is 0. The molecule has 3 rings (SSSR count). The molecule has 1 saturated carbocycles. The van der Waals surface area contributed by atoms with Gasteiger partial charge in [0.15, 0.2) is 11.5 Å². The van der Waals surface area contributed by atoms with Crippen LogP contribution in [0.1, 0.15) is 39.2 Å². The molecule has 20 heavy (non-hydrogen) atoms. The van der Waals surface area contributed by atoms with Crippen LogP contribution in [0, 0.1) is 5.92 Å². The van der Waals surface area contributed by atoms with Crippen LogP contribution in [0.5, 0.6) is 11.5 Å². The number of rotatable bonds is 4. The van der Waals surface area contributed by atoms with E-state index >= 15 is 0 Å². The van der Waals surface area contributed by atoms with E-state index in [-0.39, 0.29) is 5.41 Å². The number of benzene rings is 1. The van der Waals surface area contributed by atoms with Gasteiger partial charge in [0.1, 0.15) is 13.2 Å². The Bertz CT molecular complexity index is 486. The SMILES string of the molecule is CC(C)NCC1(c2ccc3c(c2)OCCO3)CCC1C. The van der Waals surface area contributed by atoms with Gasteiger partial charge in [-0.2, -0.15) is 0 Å². The quantitative estimate of drug-likeness (QED) is 0.916. The van der Waals surface area contributed by atoms with Crippen molar-refractivity contribution in [3.8, 4) is 11.5 Å². The molecule has 3 heteroatoms. The van der Waals surface area contributed by atoms with Gasteiger partial charge in [0, 0.05) is 18.0 Å². The molecule has 2 unspecified atom stereocenters. The molecule has 0 bridgehead atoms. The van der Waals surface area contributed by atoms with Gasteiger partial charge in [-0.05, 0) is 36.5 Å². The van der Waals surface area contributed by atoms with Gasteiger partial charge in [0.25, 0.3) is 0 Å². The maximum Gasteiger partial charge on any atom is 0.161 e. The van der Waals surface area contributed by atoms with Crippen molar-refractivity contribution in [2.45, 2.75) is 45.1 Å². The number of hydrogen-bond donors (Lipinski definition) is 1. The van der Waals surface area contributed by atoms with E-state index in [2.05, 4.69) is 44.3 Å². The van der Waals surface area contributed by atoms with Gasteiger partial charge >= 0.3 is 0 Å². The maximum absolute atomic E-state index is 5.74. The Kier molecular flexibility index (Phi) is 3.63. The third-order valence-corrected chi connectivity index (χ3v) is 4.91. The molecule has 0 saturated heterocycles. The highest BCUT2D eigenvalue weighted by molar-refractivity contribution is 5.47. The zero-order valence-corrected chi connectivity index (χ0v) is 12.7. The summed E-state index contributed by atoms with van der Waals surface area (Å²) < 4.78 is 11.4. The van der Waals surface area contributed by atoms with Gasteiger partial charge in [-0.3, -0.25) is 0 Å². The van der Waals surface area contributed by atoms with Crippen molar-refractivity contribution >= 4 is 0 Å². The first-order chi connectivity index (χ1) is 9.62. The normalized spacial score (nSPS) is 28.3. The zero-order valence-electron chi connectivity index (χ0n) is 12.7. The average molecular weight is 275 g/mol. The zero-order chi connectivity index (χ0) is 14.2. The molecule has 1 N–H and O–H groups in total. The van der Waals surface area contributed by atoms with E-state index in [0.29, 0.717) is 19.3 Å². The summed E-state index contributed by atoms with van der Waals surface area (Å²) in [4.78, 5) is 0. The topological polar surface area (TPSA) is 30.5 Å². The van der Waals surface area contributed by atoms with Crippen LogP contribution in [0.4, 0.5) is 0 Å². The van der Waals surface area contributed by atoms with Gasteiger partial charge < -0.3 is 14.8 Å². The highest BCUT2D eigenvalue weighted by atomic mass is 16.6. The fraction of sp³-hybridized carbons (Fsp3) is 0.647. The largest absolute Gasteiger partial charge is 0.486 e.